The Hall–Kier alpha value is -2.98. The molecule has 1 N–H and O–H groups in total. The van der Waals surface area contributed by atoms with Crippen LogP contribution in [0, 0.1) is 17.5 Å². The Bertz CT molecular complexity index is 1110. The molecule has 0 unspecified atom stereocenters. The molecule has 6 nitrogen and oxygen atoms in total. The van der Waals surface area contributed by atoms with Gasteiger partial charge < -0.3 is 4.74 Å². The SMILES string of the molecule is CCOc1nc2c(-c3cc(F)c(F)c(F)c3)c(C3CC(F)(F)C3)nn2c(=O)[nH]1. The quantitative estimate of drug-likeness (QED) is 0.538. The van der Waals surface area contributed by atoms with Gasteiger partial charge in [-0.15, -0.1) is 0 Å². The fraction of sp³-hybridized carbons (Fsp3) is 0.353. The predicted molar refractivity (Wildman–Crippen MR) is 87.0 cm³/mol. The molecule has 0 radical (unpaired) electrons. The van der Waals surface area contributed by atoms with Gasteiger partial charge in [-0.2, -0.15) is 14.6 Å². The summed E-state index contributed by atoms with van der Waals surface area (Å²) in [4.78, 5) is 18.7. The number of H-pyrrole nitrogens is 1. The highest BCUT2D eigenvalue weighted by molar-refractivity contribution is 5.80. The van der Waals surface area contributed by atoms with Crippen LogP contribution in [-0.2, 0) is 0 Å². The van der Waals surface area contributed by atoms with E-state index in [4.69, 9.17) is 4.74 Å². The van der Waals surface area contributed by atoms with Crippen molar-refractivity contribution in [2.75, 3.05) is 6.61 Å². The summed E-state index contributed by atoms with van der Waals surface area (Å²) < 4.78 is 73.7. The summed E-state index contributed by atoms with van der Waals surface area (Å²) in [5.74, 6) is -8.24. The van der Waals surface area contributed by atoms with Crippen molar-refractivity contribution in [2.45, 2.75) is 31.6 Å². The molecule has 1 saturated carbocycles. The molecule has 2 heterocycles. The van der Waals surface area contributed by atoms with Gasteiger partial charge in [0.1, 0.15) is 0 Å². The number of alkyl halides is 2. The molecular formula is C17H13F5N4O2. The van der Waals surface area contributed by atoms with Gasteiger partial charge in [0.25, 0.3) is 6.01 Å². The number of hydrogen-bond donors (Lipinski definition) is 1. The van der Waals surface area contributed by atoms with Crippen molar-refractivity contribution in [3.8, 4) is 17.1 Å². The van der Waals surface area contributed by atoms with Gasteiger partial charge in [0.15, 0.2) is 23.1 Å². The minimum Gasteiger partial charge on any atom is -0.465 e. The summed E-state index contributed by atoms with van der Waals surface area (Å²) in [6.45, 7) is 1.82. The Balaban J connectivity index is 1.99. The molecule has 0 atom stereocenters. The number of nitrogens with zero attached hydrogens (tertiary/aromatic N) is 3. The molecule has 0 saturated heterocycles. The van der Waals surface area contributed by atoms with E-state index in [9.17, 15) is 26.7 Å². The normalized spacial score (nSPS) is 16.4. The van der Waals surface area contributed by atoms with Crippen LogP contribution < -0.4 is 10.4 Å². The number of rotatable bonds is 4. The first-order chi connectivity index (χ1) is 13.2. The summed E-state index contributed by atoms with van der Waals surface area (Å²) in [5, 5.41) is 4.04. The van der Waals surface area contributed by atoms with Gasteiger partial charge in [-0.05, 0) is 24.6 Å². The second kappa shape index (κ2) is 6.28. The number of fused-ring (bicyclic) bond motifs is 1. The molecule has 28 heavy (non-hydrogen) atoms. The van der Waals surface area contributed by atoms with E-state index in [1.165, 1.54) is 0 Å². The van der Waals surface area contributed by atoms with Crippen LogP contribution in [0.4, 0.5) is 22.0 Å². The lowest BCUT2D eigenvalue weighted by atomic mass is 9.77. The molecule has 1 aliphatic carbocycles. The van der Waals surface area contributed by atoms with Gasteiger partial charge in [0.05, 0.1) is 17.9 Å². The van der Waals surface area contributed by atoms with Crippen molar-refractivity contribution in [3.63, 3.8) is 0 Å². The zero-order chi connectivity index (χ0) is 20.2. The van der Waals surface area contributed by atoms with E-state index in [0.29, 0.717) is 12.1 Å². The zero-order valence-corrected chi connectivity index (χ0v) is 14.4. The number of aromatic nitrogens is 4. The molecule has 0 aliphatic heterocycles. The van der Waals surface area contributed by atoms with Crippen LogP contribution in [0.1, 0.15) is 31.4 Å². The van der Waals surface area contributed by atoms with Gasteiger partial charge >= 0.3 is 5.69 Å². The number of halogens is 5. The van der Waals surface area contributed by atoms with Gasteiger partial charge in [-0.3, -0.25) is 4.98 Å². The van der Waals surface area contributed by atoms with Crippen LogP contribution in [0.2, 0.25) is 0 Å². The smallest absolute Gasteiger partial charge is 0.352 e. The summed E-state index contributed by atoms with van der Waals surface area (Å²) in [6, 6.07) is 1.24. The monoisotopic (exact) mass is 400 g/mol. The van der Waals surface area contributed by atoms with Crippen molar-refractivity contribution in [2.24, 2.45) is 0 Å². The third-order valence-electron chi connectivity index (χ3n) is 4.53. The van der Waals surface area contributed by atoms with Crippen LogP contribution in [0.5, 0.6) is 6.01 Å². The highest BCUT2D eigenvalue weighted by Gasteiger charge is 2.48. The third kappa shape index (κ3) is 2.90. The van der Waals surface area contributed by atoms with Crippen LogP contribution in [-0.4, -0.2) is 32.1 Å². The maximum absolute atomic E-state index is 13.8. The lowest BCUT2D eigenvalue weighted by Crippen LogP contribution is -2.34. The first-order valence-corrected chi connectivity index (χ1v) is 8.38. The van der Waals surface area contributed by atoms with Crippen LogP contribution >= 0.6 is 0 Å². The average molecular weight is 400 g/mol. The third-order valence-corrected chi connectivity index (χ3v) is 4.53. The molecule has 1 aliphatic rings. The number of ether oxygens (including phenoxy) is 1. The number of aromatic amines is 1. The second-order valence-electron chi connectivity index (χ2n) is 6.49. The molecule has 148 valence electrons. The topological polar surface area (TPSA) is 72.3 Å². The van der Waals surface area contributed by atoms with Crippen LogP contribution in [0.15, 0.2) is 16.9 Å². The lowest BCUT2D eigenvalue weighted by Gasteiger charge is -2.34. The summed E-state index contributed by atoms with van der Waals surface area (Å²) in [6.07, 6.45) is -1.07. The molecule has 0 spiro atoms. The van der Waals surface area contributed by atoms with Crippen LogP contribution in [0.25, 0.3) is 16.8 Å². The summed E-state index contributed by atoms with van der Waals surface area (Å²) in [7, 11) is 0. The zero-order valence-electron chi connectivity index (χ0n) is 14.4. The van der Waals surface area contributed by atoms with Crippen molar-refractivity contribution >= 4 is 5.65 Å². The number of hydrogen-bond acceptors (Lipinski definition) is 4. The molecule has 11 heteroatoms. The van der Waals surface area contributed by atoms with Gasteiger partial charge in [0, 0.05) is 18.8 Å². The largest absolute Gasteiger partial charge is 0.465 e. The average Bonchev–Trinajstić information content (AvgIpc) is 2.97. The Morgan fingerprint density at radius 1 is 1.25 bits per heavy atom. The Morgan fingerprint density at radius 3 is 2.46 bits per heavy atom. The standard InChI is InChI=1S/C17H13F5N4O2/c1-2-28-15-23-14-11(7-3-9(18)12(20)10(19)4-7)13(8-5-17(21,22)6-8)25-26(14)16(27)24-15/h3-4,8H,2,5-6H2,1H3,(H,23,24,27). The van der Waals surface area contributed by atoms with Crippen molar-refractivity contribution in [1.29, 1.82) is 0 Å². The van der Waals surface area contributed by atoms with E-state index in [1.807, 2.05) is 0 Å². The summed E-state index contributed by atoms with van der Waals surface area (Å²) in [5.41, 5.74) is -1.07. The molecule has 3 aromatic rings. The van der Waals surface area contributed by atoms with E-state index in [-0.39, 0.29) is 35.1 Å². The summed E-state index contributed by atoms with van der Waals surface area (Å²) >= 11 is 0. The highest BCUT2D eigenvalue weighted by Crippen LogP contribution is 2.50. The highest BCUT2D eigenvalue weighted by atomic mass is 19.3. The van der Waals surface area contributed by atoms with Crippen molar-refractivity contribution in [1.82, 2.24) is 19.6 Å². The van der Waals surface area contributed by atoms with Gasteiger partial charge in [-0.25, -0.2) is 26.7 Å². The fourth-order valence-electron chi connectivity index (χ4n) is 3.26. The molecule has 0 amide bonds. The Kier molecular flexibility index (Phi) is 4.12. The molecule has 1 aromatic carbocycles. The van der Waals surface area contributed by atoms with E-state index in [0.717, 1.165) is 4.52 Å². The number of benzene rings is 1. The minimum absolute atomic E-state index is 0.0228. The lowest BCUT2D eigenvalue weighted by molar-refractivity contribution is -0.0875. The van der Waals surface area contributed by atoms with E-state index in [2.05, 4.69) is 15.1 Å². The molecule has 1 fully saturated rings. The van der Waals surface area contributed by atoms with E-state index < -0.39 is 47.8 Å². The minimum atomic E-state index is -2.90. The second-order valence-corrected chi connectivity index (χ2v) is 6.49. The van der Waals surface area contributed by atoms with Gasteiger partial charge in [-0.1, -0.05) is 0 Å². The molecule has 2 aromatic heterocycles. The molecular weight excluding hydrogens is 387 g/mol. The maximum atomic E-state index is 13.8. The fourth-order valence-corrected chi connectivity index (χ4v) is 3.26. The van der Waals surface area contributed by atoms with Crippen molar-refractivity contribution in [3.05, 3.63) is 45.8 Å². The van der Waals surface area contributed by atoms with Crippen molar-refractivity contribution < 1.29 is 26.7 Å². The first kappa shape index (κ1) is 18.4. The molecule has 4 rings (SSSR count). The predicted octanol–water partition coefficient (Wildman–Crippen LogP) is 3.41. The Morgan fingerprint density at radius 2 is 1.89 bits per heavy atom. The van der Waals surface area contributed by atoms with E-state index >= 15 is 0 Å². The first-order valence-electron chi connectivity index (χ1n) is 8.38. The Labute approximate surface area is 154 Å². The van der Waals surface area contributed by atoms with E-state index in [1.54, 1.807) is 6.92 Å². The van der Waals surface area contributed by atoms with Crippen LogP contribution in [0.3, 0.4) is 0 Å². The maximum Gasteiger partial charge on any atom is 0.352 e. The molecule has 0 bridgehead atoms. The number of nitrogens with one attached hydrogen (secondary N) is 1. The van der Waals surface area contributed by atoms with Gasteiger partial charge in [0.2, 0.25) is 5.92 Å².